The number of hydrogen-bond acceptors (Lipinski definition) is 4. The van der Waals surface area contributed by atoms with E-state index in [4.69, 9.17) is 9.47 Å². The molecule has 0 bridgehead atoms. The maximum atomic E-state index is 11.7. The number of methoxy groups -OCH3 is 1. The number of hydrogen-bond donors (Lipinski definition) is 0. The minimum atomic E-state index is -0.160. The van der Waals surface area contributed by atoms with Crippen LogP contribution in [-0.2, 0) is 20.7 Å². The first-order chi connectivity index (χ1) is 13.5. The largest absolute Gasteiger partial charge is 0.497 e. The van der Waals surface area contributed by atoms with Crippen LogP contribution >= 0.6 is 0 Å². The van der Waals surface area contributed by atoms with E-state index in [1.807, 2.05) is 0 Å². The van der Waals surface area contributed by atoms with Gasteiger partial charge in [-0.05, 0) is 85.5 Å². The first kappa shape index (κ1) is 19.5. The fourth-order valence-electron chi connectivity index (χ4n) is 6.80. The summed E-state index contributed by atoms with van der Waals surface area (Å²) in [4.78, 5) is 22.8. The number of rotatable bonds is 5. The lowest BCUT2D eigenvalue weighted by molar-refractivity contribution is -0.155. The van der Waals surface area contributed by atoms with E-state index >= 15 is 0 Å². The van der Waals surface area contributed by atoms with E-state index in [0.29, 0.717) is 30.1 Å². The van der Waals surface area contributed by atoms with Gasteiger partial charge < -0.3 is 14.3 Å². The Bertz CT molecular complexity index is 757. The van der Waals surface area contributed by atoms with E-state index in [2.05, 4.69) is 25.1 Å². The molecule has 152 valence electrons. The highest BCUT2D eigenvalue weighted by Crippen LogP contribution is 2.63. The van der Waals surface area contributed by atoms with Crippen molar-refractivity contribution in [1.82, 2.24) is 0 Å². The number of fused-ring (bicyclic) bond motifs is 5. The van der Waals surface area contributed by atoms with Crippen LogP contribution in [0.5, 0.6) is 5.75 Å². The number of carbonyl (C=O) groups excluding carboxylic acids is 2. The third-order valence-electron chi connectivity index (χ3n) is 7.99. The van der Waals surface area contributed by atoms with Crippen LogP contribution in [0.1, 0.15) is 69.4 Å². The van der Waals surface area contributed by atoms with Gasteiger partial charge in [0.05, 0.1) is 7.11 Å². The molecule has 4 heteroatoms. The number of carbonyl (C=O) groups is 2. The molecular weight excluding hydrogens is 352 g/mol. The highest BCUT2D eigenvalue weighted by molar-refractivity contribution is 5.66. The van der Waals surface area contributed by atoms with Crippen molar-refractivity contribution in [3.8, 4) is 5.75 Å². The maximum Gasteiger partial charge on any atom is 0.302 e. The summed E-state index contributed by atoms with van der Waals surface area (Å²) >= 11 is 0. The SMILES string of the molecule is COc1ccc2c(c1)C[C@@H](CCC=O)C1C2CC[C@@]2(C)C1CC[C@@H]2OC(C)=O. The minimum Gasteiger partial charge on any atom is -0.497 e. The molecule has 0 aliphatic heterocycles. The van der Waals surface area contributed by atoms with Gasteiger partial charge in [-0.2, -0.15) is 0 Å². The molecule has 0 spiro atoms. The summed E-state index contributed by atoms with van der Waals surface area (Å²) in [7, 11) is 1.72. The van der Waals surface area contributed by atoms with Crippen molar-refractivity contribution in [2.75, 3.05) is 7.11 Å². The topological polar surface area (TPSA) is 52.6 Å². The van der Waals surface area contributed by atoms with Crippen molar-refractivity contribution in [2.45, 2.75) is 70.8 Å². The summed E-state index contributed by atoms with van der Waals surface area (Å²) in [6.07, 6.45) is 8.03. The van der Waals surface area contributed by atoms with Gasteiger partial charge >= 0.3 is 5.97 Å². The Morgan fingerprint density at radius 3 is 2.82 bits per heavy atom. The van der Waals surface area contributed by atoms with Crippen LogP contribution in [0.3, 0.4) is 0 Å². The molecular formula is C24H32O4. The van der Waals surface area contributed by atoms with Crippen molar-refractivity contribution in [3.63, 3.8) is 0 Å². The Morgan fingerprint density at radius 1 is 1.29 bits per heavy atom. The Morgan fingerprint density at radius 2 is 2.11 bits per heavy atom. The highest BCUT2D eigenvalue weighted by atomic mass is 16.5. The molecule has 0 amide bonds. The standard InChI is InChI=1S/C24H32O4/c1-15(26)28-22-9-8-21-23-16(5-4-12-25)13-17-14-18(27-3)6-7-19(17)20(23)10-11-24(21,22)2/h6-7,12,14,16,20-23H,4-5,8-11,13H2,1-3H3/t16-,20?,21?,22+,23?,24+/m1/s1. The van der Waals surface area contributed by atoms with Crippen LogP contribution in [0.2, 0.25) is 0 Å². The third-order valence-corrected chi connectivity index (χ3v) is 7.99. The number of esters is 1. The molecule has 1 aromatic rings. The molecule has 0 N–H and O–H groups in total. The molecule has 4 nitrogen and oxygen atoms in total. The summed E-state index contributed by atoms with van der Waals surface area (Å²) in [6, 6.07) is 6.55. The summed E-state index contributed by atoms with van der Waals surface area (Å²) in [6.45, 7) is 3.87. The molecule has 2 fully saturated rings. The molecule has 2 saturated carbocycles. The summed E-state index contributed by atoms with van der Waals surface area (Å²) < 4.78 is 11.2. The average molecular weight is 385 g/mol. The quantitative estimate of drug-likeness (QED) is 0.546. The van der Waals surface area contributed by atoms with Crippen LogP contribution in [0.4, 0.5) is 0 Å². The van der Waals surface area contributed by atoms with Gasteiger partial charge in [0.15, 0.2) is 0 Å². The molecule has 3 aliphatic rings. The lowest BCUT2D eigenvalue weighted by atomic mass is 9.52. The van der Waals surface area contributed by atoms with Crippen molar-refractivity contribution in [3.05, 3.63) is 29.3 Å². The molecule has 6 atom stereocenters. The van der Waals surface area contributed by atoms with E-state index in [9.17, 15) is 9.59 Å². The number of ether oxygens (including phenoxy) is 2. The molecule has 4 rings (SSSR count). The van der Waals surface area contributed by atoms with Crippen LogP contribution in [0.25, 0.3) is 0 Å². The zero-order valence-electron chi connectivity index (χ0n) is 17.3. The van der Waals surface area contributed by atoms with Crippen molar-refractivity contribution in [1.29, 1.82) is 0 Å². The molecule has 28 heavy (non-hydrogen) atoms. The number of benzene rings is 1. The van der Waals surface area contributed by atoms with E-state index in [-0.39, 0.29) is 17.5 Å². The first-order valence-electron chi connectivity index (χ1n) is 10.8. The zero-order chi connectivity index (χ0) is 19.9. The monoisotopic (exact) mass is 384 g/mol. The Hall–Kier alpha value is -1.84. The fourth-order valence-corrected chi connectivity index (χ4v) is 6.80. The summed E-state index contributed by atoms with van der Waals surface area (Å²) in [5.41, 5.74) is 2.94. The van der Waals surface area contributed by atoms with E-state index < -0.39 is 0 Å². The molecule has 0 radical (unpaired) electrons. The Balaban J connectivity index is 1.69. The van der Waals surface area contributed by atoms with Crippen LogP contribution in [0, 0.1) is 23.2 Å². The first-order valence-corrected chi connectivity index (χ1v) is 10.8. The van der Waals surface area contributed by atoms with Gasteiger partial charge in [-0.25, -0.2) is 0 Å². The lowest BCUT2D eigenvalue weighted by Crippen LogP contribution is -2.48. The molecule has 3 unspecified atom stereocenters. The summed E-state index contributed by atoms with van der Waals surface area (Å²) in [5.74, 6) is 2.94. The average Bonchev–Trinajstić information content (AvgIpc) is 3.01. The Labute approximate surface area is 168 Å². The predicted octanol–water partition coefficient (Wildman–Crippen LogP) is 4.69. The fraction of sp³-hybridized carbons (Fsp3) is 0.667. The van der Waals surface area contributed by atoms with Gasteiger partial charge in [0, 0.05) is 18.8 Å². The molecule has 1 aromatic carbocycles. The second-order valence-corrected chi connectivity index (χ2v) is 9.28. The van der Waals surface area contributed by atoms with Gasteiger partial charge in [0.25, 0.3) is 0 Å². The maximum absolute atomic E-state index is 11.7. The molecule has 0 aromatic heterocycles. The second-order valence-electron chi connectivity index (χ2n) is 9.28. The van der Waals surface area contributed by atoms with Gasteiger partial charge in [0.2, 0.25) is 0 Å². The van der Waals surface area contributed by atoms with Crippen LogP contribution in [-0.4, -0.2) is 25.5 Å². The molecule has 3 aliphatic carbocycles. The van der Waals surface area contributed by atoms with Crippen molar-refractivity contribution in [2.24, 2.45) is 23.2 Å². The number of aldehydes is 1. The van der Waals surface area contributed by atoms with Gasteiger partial charge in [0.1, 0.15) is 18.1 Å². The normalized spacial score (nSPS) is 36.0. The Kier molecular flexibility index (Phi) is 5.24. The van der Waals surface area contributed by atoms with E-state index in [0.717, 1.165) is 50.6 Å². The molecule has 0 heterocycles. The summed E-state index contributed by atoms with van der Waals surface area (Å²) in [5, 5.41) is 0. The highest BCUT2D eigenvalue weighted by Gasteiger charge is 2.57. The lowest BCUT2D eigenvalue weighted by Gasteiger charge is -2.53. The van der Waals surface area contributed by atoms with Gasteiger partial charge in [-0.1, -0.05) is 13.0 Å². The van der Waals surface area contributed by atoms with Crippen molar-refractivity contribution >= 4 is 12.3 Å². The van der Waals surface area contributed by atoms with Crippen LogP contribution in [0.15, 0.2) is 18.2 Å². The second kappa shape index (κ2) is 7.53. The molecule has 0 saturated heterocycles. The van der Waals surface area contributed by atoms with Crippen LogP contribution < -0.4 is 4.74 Å². The smallest absolute Gasteiger partial charge is 0.302 e. The van der Waals surface area contributed by atoms with Gasteiger partial charge in [-0.3, -0.25) is 4.79 Å². The third kappa shape index (κ3) is 3.15. The van der Waals surface area contributed by atoms with Gasteiger partial charge in [-0.15, -0.1) is 0 Å². The zero-order valence-corrected chi connectivity index (χ0v) is 17.3. The predicted molar refractivity (Wildman–Crippen MR) is 107 cm³/mol. The van der Waals surface area contributed by atoms with E-state index in [1.54, 1.807) is 7.11 Å². The van der Waals surface area contributed by atoms with E-state index in [1.165, 1.54) is 18.1 Å². The minimum absolute atomic E-state index is 0.0416. The van der Waals surface area contributed by atoms with Crippen molar-refractivity contribution < 1.29 is 19.1 Å².